The van der Waals surface area contributed by atoms with Crippen LogP contribution in [-0.2, 0) is 0 Å². The van der Waals surface area contributed by atoms with Crippen molar-refractivity contribution in [2.24, 2.45) is 0 Å². The average Bonchev–Trinajstić information content (AvgIpc) is 2.86. The van der Waals surface area contributed by atoms with Crippen LogP contribution in [0.1, 0.15) is 0 Å². The fourth-order valence-corrected chi connectivity index (χ4v) is 2.72. The van der Waals surface area contributed by atoms with Gasteiger partial charge in [0.15, 0.2) is 0 Å². The Morgan fingerprint density at radius 2 is 1.22 bits per heavy atom. The third-order valence-corrected chi connectivity index (χ3v) is 4.58. The maximum Gasteiger partial charge on any atom is 0.488 e. The lowest BCUT2D eigenvalue weighted by atomic mass is 9.80. The summed E-state index contributed by atoms with van der Waals surface area (Å²) in [6.07, 6.45) is 5.15. The highest BCUT2D eigenvalue weighted by atomic mass is 35.5. The van der Waals surface area contributed by atoms with Crippen LogP contribution in [0.4, 0.5) is 20.2 Å². The lowest BCUT2D eigenvalue weighted by molar-refractivity contribution is -0.385. The van der Waals surface area contributed by atoms with Gasteiger partial charge in [0.1, 0.15) is 29.1 Å². The van der Waals surface area contributed by atoms with E-state index in [-0.39, 0.29) is 28.0 Å². The van der Waals surface area contributed by atoms with Crippen molar-refractivity contribution in [3.8, 4) is 11.1 Å². The highest BCUT2D eigenvalue weighted by molar-refractivity contribution is 6.58. The van der Waals surface area contributed by atoms with Crippen LogP contribution in [0.3, 0.4) is 0 Å². The quantitative estimate of drug-likeness (QED) is 0.235. The van der Waals surface area contributed by atoms with E-state index in [1.54, 1.807) is 0 Å². The van der Waals surface area contributed by atoms with E-state index in [2.05, 4.69) is 9.97 Å². The van der Waals surface area contributed by atoms with Crippen LogP contribution < -0.4 is 5.46 Å². The number of hydrogen-bond acceptors (Lipinski definition) is 8. The number of nitro groups is 2. The van der Waals surface area contributed by atoms with Crippen molar-refractivity contribution in [3.05, 3.63) is 122 Å². The van der Waals surface area contributed by atoms with E-state index in [1.165, 1.54) is 79.3 Å². The zero-order valence-corrected chi connectivity index (χ0v) is 18.9. The first-order valence-electron chi connectivity index (χ1n) is 9.80. The van der Waals surface area contributed by atoms with Crippen LogP contribution in [0.2, 0.25) is 5.02 Å². The first-order chi connectivity index (χ1) is 17.1. The second-order valence-electron chi connectivity index (χ2n) is 6.67. The number of halogens is 3. The molecule has 2 aromatic heterocycles. The summed E-state index contributed by atoms with van der Waals surface area (Å²) in [5.41, 5.74) is 1.06. The van der Waals surface area contributed by atoms with E-state index in [0.717, 1.165) is 6.20 Å². The van der Waals surface area contributed by atoms with Crippen LogP contribution >= 0.6 is 11.6 Å². The van der Waals surface area contributed by atoms with E-state index in [4.69, 9.17) is 21.6 Å². The molecule has 36 heavy (non-hydrogen) atoms. The Kier molecular flexibility index (Phi) is 10.5. The average molecular weight is 517 g/mol. The van der Waals surface area contributed by atoms with Crippen LogP contribution in [0.5, 0.6) is 0 Å². The Labute approximate surface area is 207 Å². The topological polar surface area (TPSA) is 153 Å². The van der Waals surface area contributed by atoms with Gasteiger partial charge in [-0.15, -0.1) is 0 Å². The Morgan fingerprint density at radius 1 is 0.750 bits per heavy atom. The number of benzene rings is 2. The van der Waals surface area contributed by atoms with Gasteiger partial charge in [0, 0.05) is 12.4 Å². The molecule has 0 bridgehead atoms. The van der Waals surface area contributed by atoms with Gasteiger partial charge in [0.05, 0.1) is 15.4 Å². The summed E-state index contributed by atoms with van der Waals surface area (Å²) in [7, 11) is -1.51. The smallest absolute Gasteiger partial charge is 0.423 e. The van der Waals surface area contributed by atoms with Gasteiger partial charge < -0.3 is 10.0 Å². The monoisotopic (exact) mass is 516 g/mol. The number of rotatable bonds is 4. The molecule has 4 rings (SSSR count). The van der Waals surface area contributed by atoms with Crippen molar-refractivity contribution < 1.29 is 28.7 Å². The number of hydrogen-bond donors (Lipinski definition) is 2. The highest BCUT2D eigenvalue weighted by Crippen LogP contribution is 2.28. The number of pyridine rings is 2. The molecular weight excluding hydrogens is 501 g/mol. The summed E-state index contributed by atoms with van der Waals surface area (Å²) in [5.74, 6) is -0.759. The summed E-state index contributed by atoms with van der Waals surface area (Å²) in [6.45, 7) is 0. The second-order valence-corrected chi connectivity index (χ2v) is 7.07. The fraction of sp³-hybridized carbons (Fsp3) is 0. The van der Waals surface area contributed by atoms with Crippen LogP contribution in [0.15, 0.2) is 85.5 Å². The van der Waals surface area contributed by atoms with Gasteiger partial charge in [-0.2, -0.15) is 0 Å². The summed E-state index contributed by atoms with van der Waals surface area (Å²) in [4.78, 5) is 27.0. The summed E-state index contributed by atoms with van der Waals surface area (Å²) in [5, 5.41) is 38.1. The van der Waals surface area contributed by atoms with Crippen LogP contribution in [0, 0.1) is 31.9 Å². The normalized spacial score (nSPS) is 9.69. The molecular formula is C22H16BClF2N4O6. The van der Waals surface area contributed by atoms with Gasteiger partial charge in [-0.3, -0.25) is 30.2 Å². The number of aromatic nitrogens is 2. The SMILES string of the molecule is O=[N+]([O-])c1cnccc1-c1ccc(F)cc1.O=[N+]([O-])c1cnccc1Cl.OB(O)c1ccc(F)cc1. The molecule has 4 aromatic rings. The summed E-state index contributed by atoms with van der Waals surface area (Å²) < 4.78 is 24.9. The molecule has 0 radical (unpaired) electrons. The Bertz CT molecular complexity index is 1310. The number of nitrogens with zero attached hydrogens (tertiary/aromatic N) is 4. The molecule has 0 spiro atoms. The molecule has 0 aliphatic heterocycles. The first-order valence-corrected chi connectivity index (χ1v) is 10.2. The van der Waals surface area contributed by atoms with Gasteiger partial charge in [0.2, 0.25) is 0 Å². The fourth-order valence-electron chi connectivity index (χ4n) is 2.54. The molecule has 2 N–H and O–H groups in total. The molecule has 10 nitrogen and oxygen atoms in total. The van der Waals surface area contributed by atoms with E-state index in [0.29, 0.717) is 16.6 Å². The van der Waals surface area contributed by atoms with Crippen LogP contribution in [0.25, 0.3) is 11.1 Å². The van der Waals surface area contributed by atoms with E-state index < -0.39 is 17.0 Å². The molecule has 0 fully saturated rings. The summed E-state index contributed by atoms with van der Waals surface area (Å²) in [6, 6.07) is 13.4. The Balaban J connectivity index is 0.000000200. The van der Waals surface area contributed by atoms with Gasteiger partial charge in [-0.25, -0.2) is 8.78 Å². The highest BCUT2D eigenvalue weighted by Gasteiger charge is 2.14. The Morgan fingerprint density at radius 3 is 1.67 bits per heavy atom. The zero-order chi connectivity index (χ0) is 26.7. The van der Waals surface area contributed by atoms with Crippen LogP contribution in [-0.4, -0.2) is 37.0 Å². The van der Waals surface area contributed by atoms with Crippen molar-refractivity contribution in [2.45, 2.75) is 0 Å². The van der Waals surface area contributed by atoms with Crippen molar-refractivity contribution >= 4 is 35.6 Å². The minimum absolute atomic E-state index is 0.0888. The lowest BCUT2D eigenvalue weighted by Gasteiger charge is -2.01. The van der Waals surface area contributed by atoms with Gasteiger partial charge in [-0.05, 0) is 47.4 Å². The largest absolute Gasteiger partial charge is 0.488 e. The third-order valence-electron chi connectivity index (χ3n) is 4.27. The molecule has 0 amide bonds. The zero-order valence-electron chi connectivity index (χ0n) is 18.1. The molecule has 0 unspecified atom stereocenters. The molecule has 0 saturated heterocycles. The minimum atomic E-state index is -1.51. The van der Waals surface area contributed by atoms with Crippen molar-refractivity contribution in [1.29, 1.82) is 0 Å². The van der Waals surface area contributed by atoms with Gasteiger partial charge in [0.25, 0.3) is 5.69 Å². The van der Waals surface area contributed by atoms with Gasteiger partial charge in [-0.1, -0.05) is 35.9 Å². The van der Waals surface area contributed by atoms with Crippen molar-refractivity contribution in [1.82, 2.24) is 9.97 Å². The Hall–Kier alpha value is -4.33. The molecule has 0 atom stereocenters. The third kappa shape index (κ3) is 8.47. The molecule has 14 heteroatoms. The maximum atomic E-state index is 12.7. The molecule has 2 heterocycles. The molecule has 0 aliphatic rings. The van der Waals surface area contributed by atoms with E-state index in [1.807, 2.05) is 0 Å². The van der Waals surface area contributed by atoms with Crippen molar-refractivity contribution in [3.63, 3.8) is 0 Å². The summed E-state index contributed by atoms with van der Waals surface area (Å²) >= 11 is 5.44. The van der Waals surface area contributed by atoms with E-state index >= 15 is 0 Å². The standard InChI is InChI=1S/C11H7FN2O2.C6H6BFO2.C5H3ClN2O2/c12-9-3-1-8(2-4-9)10-5-6-13-7-11(10)14(15)16;8-6-3-1-5(2-4-6)7(9)10;6-4-1-2-7-3-5(4)8(9)10/h1-7H;1-4,9-10H;1-3H. The van der Waals surface area contributed by atoms with E-state index in [9.17, 15) is 29.0 Å². The first kappa shape index (κ1) is 27.9. The predicted molar refractivity (Wildman–Crippen MR) is 128 cm³/mol. The van der Waals surface area contributed by atoms with Gasteiger partial charge >= 0.3 is 12.8 Å². The molecule has 0 saturated carbocycles. The van der Waals surface area contributed by atoms with Crippen molar-refractivity contribution in [2.75, 3.05) is 0 Å². The molecule has 2 aromatic carbocycles. The second kappa shape index (κ2) is 13.5. The maximum absolute atomic E-state index is 12.7. The molecule has 0 aliphatic carbocycles. The minimum Gasteiger partial charge on any atom is -0.423 e. The lowest BCUT2D eigenvalue weighted by Crippen LogP contribution is -2.29. The molecule has 184 valence electrons. The predicted octanol–water partition coefficient (Wildman–Crippen LogP) is 3.94.